The summed E-state index contributed by atoms with van der Waals surface area (Å²) >= 11 is 0. The number of aryl methyl sites for hydroxylation is 1. The number of carbonyl (C=O) groups is 1. The van der Waals surface area contributed by atoms with E-state index in [-0.39, 0.29) is 24.2 Å². The van der Waals surface area contributed by atoms with Crippen molar-refractivity contribution in [1.82, 2.24) is 19.8 Å². The van der Waals surface area contributed by atoms with Gasteiger partial charge in [-0.25, -0.2) is 9.37 Å². The van der Waals surface area contributed by atoms with Gasteiger partial charge in [0.05, 0.1) is 16.6 Å². The Bertz CT molecular complexity index is 1250. The van der Waals surface area contributed by atoms with Crippen LogP contribution in [0.25, 0.3) is 16.6 Å². The molecule has 2 aromatic carbocycles. The zero-order chi connectivity index (χ0) is 22.9. The number of nitrogens with zero attached hydrogens (tertiary/aromatic N) is 4. The van der Waals surface area contributed by atoms with Crippen LogP contribution in [-0.4, -0.2) is 65.8 Å². The summed E-state index contributed by atoms with van der Waals surface area (Å²) in [6, 6.07) is 11.4. The number of rotatable bonds is 6. The maximum absolute atomic E-state index is 13.5. The molecule has 1 saturated carbocycles. The smallest absolute Gasteiger partial charge is 0.265 e. The molecular weight excluding hydrogens is 421 g/mol. The molecule has 1 amide bonds. The largest absolute Gasteiger partial charge is 0.369 e. The zero-order valence-electron chi connectivity index (χ0n) is 18.8. The highest BCUT2D eigenvalue weighted by Crippen LogP contribution is 2.23. The first-order valence-electron chi connectivity index (χ1n) is 11.5. The van der Waals surface area contributed by atoms with Crippen LogP contribution in [0, 0.1) is 6.92 Å². The van der Waals surface area contributed by atoms with E-state index >= 15 is 0 Å². The molecule has 5 rings (SSSR count). The van der Waals surface area contributed by atoms with Gasteiger partial charge in [-0.3, -0.25) is 19.1 Å². The number of piperazine rings is 1. The van der Waals surface area contributed by atoms with E-state index in [1.807, 2.05) is 31.2 Å². The van der Waals surface area contributed by atoms with Crippen LogP contribution >= 0.6 is 0 Å². The van der Waals surface area contributed by atoms with Crippen LogP contribution in [0.1, 0.15) is 28.8 Å². The molecule has 172 valence electrons. The van der Waals surface area contributed by atoms with Crippen molar-refractivity contribution >= 4 is 22.5 Å². The highest BCUT2D eigenvalue weighted by molar-refractivity contribution is 5.95. The molecule has 1 aromatic heterocycles. The molecule has 2 heterocycles. The van der Waals surface area contributed by atoms with Crippen molar-refractivity contribution in [2.24, 2.45) is 0 Å². The van der Waals surface area contributed by atoms with Crippen LogP contribution in [0.4, 0.5) is 10.1 Å². The number of halogens is 1. The lowest BCUT2D eigenvalue weighted by Gasteiger charge is -2.35. The van der Waals surface area contributed by atoms with Gasteiger partial charge in [0, 0.05) is 50.0 Å². The van der Waals surface area contributed by atoms with Crippen molar-refractivity contribution in [3.8, 4) is 5.69 Å². The highest BCUT2D eigenvalue weighted by Gasteiger charge is 2.24. The predicted octanol–water partition coefficient (Wildman–Crippen LogP) is 2.68. The highest BCUT2D eigenvalue weighted by atomic mass is 19.1. The monoisotopic (exact) mass is 449 g/mol. The third kappa shape index (κ3) is 4.48. The van der Waals surface area contributed by atoms with Crippen molar-refractivity contribution in [3.63, 3.8) is 0 Å². The first-order chi connectivity index (χ1) is 16.0. The van der Waals surface area contributed by atoms with Crippen molar-refractivity contribution in [2.75, 3.05) is 44.3 Å². The lowest BCUT2D eigenvalue weighted by atomic mass is 10.1. The van der Waals surface area contributed by atoms with Gasteiger partial charge in [0.25, 0.3) is 11.5 Å². The molecule has 8 heteroatoms. The molecule has 2 fully saturated rings. The molecule has 33 heavy (non-hydrogen) atoms. The second kappa shape index (κ2) is 8.94. The number of carbonyl (C=O) groups excluding carboxylic acids is 1. The number of aromatic nitrogens is 2. The van der Waals surface area contributed by atoms with Gasteiger partial charge >= 0.3 is 0 Å². The van der Waals surface area contributed by atoms with Gasteiger partial charge < -0.3 is 10.2 Å². The van der Waals surface area contributed by atoms with Gasteiger partial charge in [0.2, 0.25) is 0 Å². The van der Waals surface area contributed by atoms with Crippen molar-refractivity contribution in [1.29, 1.82) is 0 Å². The first kappa shape index (κ1) is 21.6. The van der Waals surface area contributed by atoms with Gasteiger partial charge in [0.15, 0.2) is 0 Å². The second-order valence-corrected chi connectivity index (χ2v) is 8.89. The molecule has 3 aromatic rings. The second-order valence-electron chi connectivity index (χ2n) is 8.89. The van der Waals surface area contributed by atoms with E-state index in [1.165, 1.54) is 10.9 Å². The molecule has 0 spiro atoms. The molecule has 1 N–H and O–H groups in total. The first-order valence-corrected chi connectivity index (χ1v) is 11.5. The van der Waals surface area contributed by atoms with E-state index in [4.69, 9.17) is 0 Å². The Morgan fingerprint density at radius 2 is 1.91 bits per heavy atom. The number of nitrogens with one attached hydrogen (secondary N) is 1. The Kier molecular flexibility index (Phi) is 5.85. The van der Waals surface area contributed by atoms with Crippen LogP contribution in [0.15, 0.2) is 47.5 Å². The molecule has 0 unspecified atom stereocenters. The summed E-state index contributed by atoms with van der Waals surface area (Å²) < 4.78 is 14.2. The molecule has 0 bridgehead atoms. The topological polar surface area (TPSA) is 70.5 Å². The Morgan fingerprint density at radius 3 is 2.64 bits per heavy atom. The van der Waals surface area contributed by atoms with Crippen LogP contribution in [0.3, 0.4) is 0 Å². The average Bonchev–Trinajstić information content (AvgIpc) is 3.64. The number of fused-ring (bicyclic) bond motifs is 1. The van der Waals surface area contributed by atoms with E-state index in [0.717, 1.165) is 50.3 Å². The average molecular weight is 450 g/mol. The fraction of sp³-hybridized carbons (Fsp3) is 0.400. The Balaban J connectivity index is 1.47. The summed E-state index contributed by atoms with van der Waals surface area (Å²) in [5, 5.41) is 3.53. The minimum absolute atomic E-state index is 0.116. The van der Waals surface area contributed by atoms with E-state index < -0.39 is 0 Å². The maximum Gasteiger partial charge on any atom is 0.265 e. The van der Waals surface area contributed by atoms with Crippen molar-refractivity contribution in [2.45, 2.75) is 25.8 Å². The van der Waals surface area contributed by atoms with Crippen LogP contribution in [0.5, 0.6) is 0 Å². The quantitative estimate of drug-likeness (QED) is 0.627. The fourth-order valence-corrected chi connectivity index (χ4v) is 4.33. The predicted molar refractivity (Wildman–Crippen MR) is 127 cm³/mol. The number of benzene rings is 2. The van der Waals surface area contributed by atoms with Crippen LogP contribution in [-0.2, 0) is 0 Å². The van der Waals surface area contributed by atoms with Gasteiger partial charge in [-0.2, -0.15) is 0 Å². The standard InChI is InChI=1S/C25H28FN5O2/c1-17-2-3-18(24(32)28-19-4-5-19)14-23(17)31-16-27-22-7-6-20(15-21(22)25(31)33)30-12-10-29(9-8-26)11-13-30/h2-3,6-7,14-16,19H,4-5,8-13H2,1H3,(H,28,32). The third-order valence-corrected chi connectivity index (χ3v) is 6.52. The minimum atomic E-state index is -0.329. The maximum atomic E-state index is 13.5. The Hall–Kier alpha value is -3.26. The normalized spacial score (nSPS) is 16.8. The van der Waals surface area contributed by atoms with Crippen molar-refractivity contribution < 1.29 is 9.18 Å². The number of hydrogen-bond acceptors (Lipinski definition) is 5. The van der Waals surface area contributed by atoms with Gasteiger partial charge in [-0.15, -0.1) is 0 Å². The number of alkyl halides is 1. The molecule has 1 aliphatic heterocycles. The van der Waals surface area contributed by atoms with E-state index in [2.05, 4.69) is 20.1 Å². The van der Waals surface area contributed by atoms with Crippen molar-refractivity contribution in [3.05, 3.63) is 64.2 Å². The SMILES string of the molecule is Cc1ccc(C(=O)NC2CC2)cc1-n1cnc2ccc(N3CCN(CCF)CC3)cc2c1=O. The lowest BCUT2D eigenvalue weighted by Crippen LogP contribution is -2.47. The number of anilines is 1. The molecule has 1 aliphatic carbocycles. The van der Waals surface area contributed by atoms with Gasteiger partial charge in [-0.1, -0.05) is 6.07 Å². The van der Waals surface area contributed by atoms with Crippen LogP contribution < -0.4 is 15.8 Å². The minimum Gasteiger partial charge on any atom is -0.369 e. The summed E-state index contributed by atoms with van der Waals surface area (Å²) in [5.74, 6) is -0.116. The molecule has 2 aliphatic rings. The fourth-order valence-electron chi connectivity index (χ4n) is 4.33. The number of hydrogen-bond donors (Lipinski definition) is 1. The summed E-state index contributed by atoms with van der Waals surface area (Å²) in [7, 11) is 0. The van der Waals surface area contributed by atoms with E-state index in [1.54, 1.807) is 12.1 Å². The molecule has 1 saturated heterocycles. The van der Waals surface area contributed by atoms with Gasteiger partial charge in [0.1, 0.15) is 13.0 Å². The lowest BCUT2D eigenvalue weighted by molar-refractivity contribution is 0.0951. The number of amides is 1. The summed E-state index contributed by atoms with van der Waals surface area (Å²) in [4.78, 5) is 34.8. The summed E-state index contributed by atoms with van der Waals surface area (Å²) in [5.41, 5.74) is 3.52. The Labute approximate surface area is 191 Å². The Morgan fingerprint density at radius 1 is 1.12 bits per heavy atom. The molecule has 0 atom stereocenters. The molecule has 0 radical (unpaired) electrons. The zero-order valence-corrected chi connectivity index (χ0v) is 18.8. The third-order valence-electron chi connectivity index (χ3n) is 6.52. The van der Waals surface area contributed by atoms with Crippen LogP contribution in [0.2, 0.25) is 0 Å². The molecular formula is C25H28FN5O2. The summed E-state index contributed by atoms with van der Waals surface area (Å²) in [6.45, 7) is 5.24. The van der Waals surface area contributed by atoms with E-state index in [9.17, 15) is 14.0 Å². The molecule has 7 nitrogen and oxygen atoms in total. The van der Waals surface area contributed by atoms with Gasteiger partial charge in [-0.05, 0) is 55.7 Å². The summed E-state index contributed by atoms with van der Waals surface area (Å²) in [6.07, 6.45) is 3.57. The van der Waals surface area contributed by atoms with E-state index in [0.29, 0.717) is 28.7 Å².